The van der Waals surface area contributed by atoms with Crippen LogP contribution in [-0.4, -0.2) is 0 Å². The highest BCUT2D eigenvalue weighted by atomic mass is 16.3. The molecule has 0 aliphatic heterocycles. The molecule has 11 rings (SSSR count). The summed E-state index contributed by atoms with van der Waals surface area (Å²) in [5.41, 5.74) is 12.4. The van der Waals surface area contributed by atoms with Gasteiger partial charge in [-0.25, -0.2) is 0 Å². The van der Waals surface area contributed by atoms with Crippen LogP contribution in [0.1, 0.15) is 26.3 Å². The number of hydrogen-bond donors (Lipinski definition) is 0. The lowest BCUT2D eigenvalue weighted by Gasteiger charge is -2.21. The zero-order valence-electron chi connectivity index (χ0n) is 31.6. The van der Waals surface area contributed by atoms with Crippen LogP contribution in [0, 0.1) is 0 Å². The van der Waals surface area contributed by atoms with E-state index in [4.69, 9.17) is 8.83 Å². The summed E-state index contributed by atoms with van der Waals surface area (Å²) in [5, 5.41) is 9.39. The maximum absolute atomic E-state index is 6.67. The monoisotopic (exact) mass is 718 g/mol. The fraction of sp³-hybridized carbons (Fsp3) is 0.0741. The van der Waals surface area contributed by atoms with Crippen molar-refractivity contribution >= 4 is 54.3 Å². The summed E-state index contributed by atoms with van der Waals surface area (Å²) >= 11 is 0. The molecule has 0 bridgehead atoms. The van der Waals surface area contributed by atoms with Crippen molar-refractivity contribution in [2.75, 3.05) is 0 Å². The molecule has 0 radical (unpaired) electrons. The van der Waals surface area contributed by atoms with E-state index in [1.54, 1.807) is 0 Å². The van der Waals surface area contributed by atoms with Gasteiger partial charge in [0, 0.05) is 21.9 Å². The molecule has 0 N–H and O–H groups in total. The third-order valence-electron chi connectivity index (χ3n) is 11.6. The molecule has 0 atom stereocenters. The minimum atomic E-state index is 0.0574. The Balaban J connectivity index is 1.26. The molecule has 2 heteroatoms. The summed E-state index contributed by atoms with van der Waals surface area (Å²) in [4.78, 5) is 0. The summed E-state index contributed by atoms with van der Waals surface area (Å²) in [6.07, 6.45) is 0. The first-order valence-corrected chi connectivity index (χ1v) is 19.4. The van der Waals surface area contributed by atoms with Crippen molar-refractivity contribution in [3.8, 4) is 56.0 Å². The number of benzene rings is 9. The molecule has 0 amide bonds. The van der Waals surface area contributed by atoms with Crippen LogP contribution in [-0.2, 0) is 5.41 Å². The predicted octanol–water partition coefficient (Wildman–Crippen LogP) is 15.7. The van der Waals surface area contributed by atoms with Gasteiger partial charge in [-0.2, -0.15) is 0 Å². The molecule has 2 nitrogen and oxygen atoms in total. The molecule has 0 saturated carbocycles. The molecule has 0 fully saturated rings. The van der Waals surface area contributed by atoms with Crippen LogP contribution >= 0.6 is 0 Å². The third kappa shape index (κ3) is 5.17. The second-order valence-electron chi connectivity index (χ2n) is 16.1. The van der Waals surface area contributed by atoms with Crippen LogP contribution < -0.4 is 0 Å². The molecule has 266 valence electrons. The van der Waals surface area contributed by atoms with Gasteiger partial charge in [0.05, 0.1) is 0 Å². The number of para-hydroxylation sites is 2. The van der Waals surface area contributed by atoms with Gasteiger partial charge in [0.15, 0.2) is 0 Å². The smallest absolute Gasteiger partial charge is 0.136 e. The van der Waals surface area contributed by atoms with E-state index in [2.05, 4.69) is 185 Å². The molecule has 2 aromatic heterocycles. The van der Waals surface area contributed by atoms with Crippen LogP contribution in [0.25, 0.3) is 110 Å². The Morgan fingerprint density at radius 1 is 0.339 bits per heavy atom. The van der Waals surface area contributed by atoms with Crippen LogP contribution in [0.15, 0.2) is 185 Å². The highest BCUT2D eigenvalue weighted by molar-refractivity contribution is 6.32. The Bertz CT molecular complexity index is 3190. The lowest BCUT2D eigenvalue weighted by Crippen LogP contribution is -2.10. The van der Waals surface area contributed by atoms with E-state index >= 15 is 0 Å². The summed E-state index contributed by atoms with van der Waals surface area (Å²) in [6.45, 7) is 6.81. The van der Waals surface area contributed by atoms with Crippen molar-refractivity contribution in [1.82, 2.24) is 0 Å². The Labute approximate surface area is 325 Å². The summed E-state index contributed by atoms with van der Waals surface area (Å²) in [7, 11) is 0. The average molecular weight is 719 g/mol. The zero-order chi connectivity index (χ0) is 37.5. The minimum absolute atomic E-state index is 0.0574. The van der Waals surface area contributed by atoms with Gasteiger partial charge in [-0.05, 0) is 119 Å². The van der Waals surface area contributed by atoms with Crippen molar-refractivity contribution in [2.45, 2.75) is 26.2 Å². The molecular formula is C54H38O2. The number of hydrogen-bond acceptors (Lipinski definition) is 2. The first kappa shape index (κ1) is 32.5. The van der Waals surface area contributed by atoms with Crippen molar-refractivity contribution in [3.63, 3.8) is 0 Å². The number of furan rings is 2. The summed E-state index contributed by atoms with van der Waals surface area (Å²) in [5.74, 6) is 1.73. The molecule has 11 aromatic rings. The SMILES string of the molecule is CC(C)(C)c1ccc(-c2cc(-c3cc4ccccc4o3)c3ccc4c(-c5cccc(-c6ccccc6)c5)cc(-c5cc6ccccc6o5)c5ccc2c3c45)cc1. The van der Waals surface area contributed by atoms with Gasteiger partial charge in [-0.1, -0.05) is 154 Å². The van der Waals surface area contributed by atoms with Gasteiger partial charge >= 0.3 is 0 Å². The topological polar surface area (TPSA) is 26.3 Å². The fourth-order valence-electron chi connectivity index (χ4n) is 8.75. The Morgan fingerprint density at radius 3 is 1.34 bits per heavy atom. The van der Waals surface area contributed by atoms with Crippen molar-refractivity contribution < 1.29 is 8.83 Å². The molecule has 0 saturated heterocycles. The van der Waals surface area contributed by atoms with Gasteiger partial charge in [-0.3, -0.25) is 0 Å². The lowest BCUT2D eigenvalue weighted by atomic mass is 9.82. The molecular weight excluding hydrogens is 681 g/mol. The van der Waals surface area contributed by atoms with E-state index in [0.29, 0.717) is 0 Å². The molecule has 0 spiro atoms. The second-order valence-corrected chi connectivity index (χ2v) is 16.1. The summed E-state index contributed by atoms with van der Waals surface area (Å²) < 4.78 is 13.3. The maximum Gasteiger partial charge on any atom is 0.136 e. The van der Waals surface area contributed by atoms with Gasteiger partial charge in [0.2, 0.25) is 0 Å². The van der Waals surface area contributed by atoms with Crippen LogP contribution in [0.2, 0.25) is 0 Å². The zero-order valence-corrected chi connectivity index (χ0v) is 31.6. The molecule has 0 unspecified atom stereocenters. The molecule has 2 heterocycles. The van der Waals surface area contributed by atoms with E-state index in [0.717, 1.165) is 60.9 Å². The van der Waals surface area contributed by atoms with Crippen LogP contribution in [0.4, 0.5) is 0 Å². The highest BCUT2D eigenvalue weighted by Gasteiger charge is 2.23. The van der Waals surface area contributed by atoms with E-state index < -0.39 is 0 Å². The van der Waals surface area contributed by atoms with Gasteiger partial charge in [0.1, 0.15) is 22.7 Å². The number of rotatable bonds is 5. The van der Waals surface area contributed by atoms with Gasteiger partial charge in [0.25, 0.3) is 0 Å². The van der Waals surface area contributed by atoms with Crippen molar-refractivity contribution in [2.24, 2.45) is 0 Å². The third-order valence-corrected chi connectivity index (χ3v) is 11.6. The standard InChI is InChI=1S/C54H38O2/c1-54(2,3)39-22-20-34(21-23-39)44-31-46(50-29-37-14-7-9-18-48(37)55-50)42-27-25-41-45(36-17-11-16-35(28-36)33-12-5-4-6-13-33)32-47(43-26-24-40(44)52(42)53(41)43)51-30-38-15-8-10-19-49(38)56-51/h4-32H,1-3H3. The maximum atomic E-state index is 6.67. The normalized spacial score (nSPS) is 12.2. The van der Waals surface area contributed by atoms with Crippen molar-refractivity contribution in [3.05, 3.63) is 181 Å². The summed E-state index contributed by atoms with van der Waals surface area (Å²) in [6, 6.07) is 63.6. The van der Waals surface area contributed by atoms with E-state index in [1.807, 2.05) is 12.1 Å². The van der Waals surface area contributed by atoms with Crippen LogP contribution in [0.5, 0.6) is 0 Å². The van der Waals surface area contributed by atoms with E-state index in [1.165, 1.54) is 54.9 Å². The Kier molecular flexibility index (Phi) is 7.15. The predicted molar refractivity (Wildman–Crippen MR) is 236 cm³/mol. The van der Waals surface area contributed by atoms with Crippen molar-refractivity contribution in [1.29, 1.82) is 0 Å². The minimum Gasteiger partial charge on any atom is -0.456 e. The first-order valence-electron chi connectivity index (χ1n) is 19.4. The Hall–Kier alpha value is -6.90. The average Bonchev–Trinajstić information content (AvgIpc) is 3.87. The van der Waals surface area contributed by atoms with Crippen LogP contribution in [0.3, 0.4) is 0 Å². The van der Waals surface area contributed by atoms with E-state index in [-0.39, 0.29) is 5.41 Å². The quantitative estimate of drug-likeness (QED) is 0.166. The van der Waals surface area contributed by atoms with Gasteiger partial charge in [-0.15, -0.1) is 0 Å². The van der Waals surface area contributed by atoms with E-state index in [9.17, 15) is 0 Å². The number of fused-ring (bicyclic) bond motifs is 2. The lowest BCUT2D eigenvalue weighted by molar-refractivity contribution is 0.590. The Morgan fingerprint density at radius 2 is 0.804 bits per heavy atom. The highest BCUT2D eigenvalue weighted by Crippen LogP contribution is 2.49. The molecule has 9 aromatic carbocycles. The second kappa shape index (κ2) is 12.3. The largest absolute Gasteiger partial charge is 0.456 e. The van der Waals surface area contributed by atoms with Gasteiger partial charge < -0.3 is 8.83 Å². The fourth-order valence-corrected chi connectivity index (χ4v) is 8.75. The molecule has 0 aliphatic rings. The molecule has 56 heavy (non-hydrogen) atoms. The molecule has 0 aliphatic carbocycles. The first-order chi connectivity index (χ1) is 27.4.